The van der Waals surface area contributed by atoms with Crippen molar-refractivity contribution in [1.29, 1.82) is 0 Å². The van der Waals surface area contributed by atoms with Gasteiger partial charge in [0.2, 0.25) is 5.95 Å². The zero-order valence-electron chi connectivity index (χ0n) is 14.3. The Morgan fingerprint density at radius 2 is 1.92 bits per heavy atom. The van der Waals surface area contributed by atoms with Crippen LogP contribution in [0.2, 0.25) is 0 Å². The molecule has 0 bridgehead atoms. The van der Waals surface area contributed by atoms with E-state index >= 15 is 0 Å². The monoisotopic (exact) mass is 346 g/mol. The Kier molecular flexibility index (Phi) is 3.53. The van der Waals surface area contributed by atoms with Gasteiger partial charge in [-0.25, -0.2) is 9.50 Å². The lowest BCUT2D eigenvalue weighted by Gasteiger charge is -2.34. The van der Waals surface area contributed by atoms with Gasteiger partial charge in [0, 0.05) is 37.3 Å². The highest BCUT2D eigenvalue weighted by Crippen LogP contribution is 2.28. The zero-order chi connectivity index (χ0) is 17.5. The molecule has 3 heterocycles. The van der Waals surface area contributed by atoms with Gasteiger partial charge in [-0.1, -0.05) is 6.07 Å². The molecule has 0 spiro atoms. The van der Waals surface area contributed by atoms with Crippen molar-refractivity contribution in [1.82, 2.24) is 24.6 Å². The highest BCUT2D eigenvalue weighted by molar-refractivity contribution is 5.86. The molecule has 7 nitrogen and oxygen atoms in total. The number of hydrogen-bond donors (Lipinski definition) is 1. The van der Waals surface area contributed by atoms with Crippen molar-refractivity contribution < 1.29 is 4.74 Å². The average Bonchev–Trinajstić information content (AvgIpc) is 3.07. The quantitative estimate of drug-likeness (QED) is 0.612. The van der Waals surface area contributed by atoms with Gasteiger partial charge >= 0.3 is 0 Å². The van der Waals surface area contributed by atoms with Crippen LogP contribution in [0.1, 0.15) is 12.8 Å². The number of fused-ring (bicyclic) bond motifs is 2. The van der Waals surface area contributed by atoms with Gasteiger partial charge in [0.15, 0.2) is 0 Å². The molecule has 7 heteroatoms. The lowest BCUT2D eigenvalue weighted by Crippen LogP contribution is -2.40. The highest BCUT2D eigenvalue weighted by atomic mass is 16.5. The molecule has 0 amide bonds. The summed E-state index contributed by atoms with van der Waals surface area (Å²) in [5.41, 5.74) is 4.87. The van der Waals surface area contributed by atoms with Gasteiger partial charge in [0.1, 0.15) is 0 Å². The average molecular weight is 346 g/mol. The van der Waals surface area contributed by atoms with E-state index in [9.17, 15) is 0 Å². The Morgan fingerprint density at radius 1 is 1.08 bits per heavy atom. The van der Waals surface area contributed by atoms with Crippen LogP contribution in [-0.2, 0) is 4.74 Å². The molecule has 0 aliphatic heterocycles. The molecule has 1 N–H and O–H groups in total. The number of ether oxygens (including phenoxy) is 1. The van der Waals surface area contributed by atoms with Gasteiger partial charge in [0.25, 0.3) is 0 Å². The van der Waals surface area contributed by atoms with Crippen LogP contribution < -0.4 is 5.32 Å². The number of rotatable bonds is 4. The number of hydrogen-bond acceptors (Lipinski definition) is 6. The molecule has 26 heavy (non-hydrogen) atoms. The van der Waals surface area contributed by atoms with E-state index in [0.29, 0.717) is 18.1 Å². The SMILES string of the molecule is CO[C@H]1C[C@@H](Nc2ncc3c(-c4ccc5nccnc5c4)ccn3n2)C1. The maximum absolute atomic E-state index is 5.31. The fourth-order valence-electron chi connectivity index (χ4n) is 3.40. The minimum Gasteiger partial charge on any atom is -0.381 e. The van der Waals surface area contributed by atoms with E-state index < -0.39 is 0 Å². The summed E-state index contributed by atoms with van der Waals surface area (Å²) in [6.07, 6.45) is 9.56. The van der Waals surface area contributed by atoms with Crippen LogP contribution in [0.3, 0.4) is 0 Å². The molecule has 130 valence electrons. The van der Waals surface area contributed by atoms with Crippen LogP contribution in [0.15, 0.2) is 49.1 Å². The van der Waals surface area contributed by atoms with E-state index in [1.54, 1.807) is 19.5 Å². The minimum absolute atomic E-state index is 0.352. The summed E-state index contributed by atoms with van der Waals surface area (Å²) in [7, 11) is 1.75. The van der Waals surface area contributed by atoms with Crippen molar-refractivity contribution in [3.63, 3.8) is 0 Å². The van der Waals surface area contributed by atoms with Gasteiger partial charge in [0.05, 0.1) is 28.9 Å². The second-order valence-electron chi connectivity index (χ2n) is 6.57. The number of methoxy groups -OCH3 is 1. The second kappa shape index (κ2) is 6.03. The normalized spacial score (nSPS) is 19.6. The Hall–Kier alpha value is -3.06. The number of benzene rings is 1. The predicted molar refractivity (Wildman–Crippen MR) is 99.0 cm³/mol. The topological polar surface area (TPSA) is 77.2 Å². The summed E-state index contributed by atoms with van der Waals surface area (Å²) in [5, 5.41) is 7.95. The van der Waals surface area contributed by atoms with Crippen molar-refractivity contribution in [3.05, 3.63) is 49.1 Å². The van der Waals surface area contributed by atoms with E-state index in [-0.39, 0.29) is 0 Å². The van der Waals surface area contributed by atoms with Crippen molar-refractivity contribution >= 4 is 22.5 Å². The third kappa shape index (κ3) is 2.57. The van der Waals surface area contributed by atoms with Crippen LogP contribution in [0.25, 0.3) is 27.7 Å². The van der Waals surface area contributed by atoms with Crippen LogP contribution in [0.4, 0.5) is 5.95 Å². The first-order valence-corrected chi connectivity index (χ1v) is 8.65. The van der Waals surface area contributed by atoms with Crippen LogP contribution in [0.5, 0.6) is 0 Å². The number of nitrogens with zero attached hydrogens (tertiary/aromatic N) is 5. The van der Waals surface area contributed by atoms with Gasteiger partial charge in [-0.2, -0.15) is 0 Å². The first-order chi connectivity index (χ1) is 12.8. The fourth-order valence-corrected chi connectivity index (χ4v) is 3.40. The fraction of sp³-hybridized carbons (Fsp3) is 0.263. The number of anilines is 1. The first-order valence-electron chi connectivity index (χ1n) is 8.65. The van der Waals surface area contributed by atoms with Crippen LogP contribution in [-0.4, -0.2) is 43.8 Å². The number of aromatic nitrogens is 5. The van der Waals surface area contributed by atoms with Crippen molar-refractivity contribution in [2.24, 2.45) is 0 Å². The summed E-state index contributed by atoms with van der Waals surface area (Å²) in [5.74, 6) is 0.642. The Labute approximate surface area is 150 Å². The maximum atomic E-state index is 5.31. The molecule has 0 unspecified atom stereocenters. The molecule has 1 aliphatic rings. The molecule has 4 aromatic rings. The van der Waals surface area contributed by atoms with E-state index in [0.717, 1.165) is 40.5 Å². The molecule has 1 aliphatic carbocycles. The maximum Gasteiger partial charge on any atom is 0.241 e. The van der Waals surface area contributed by atoms with Crippen molar-refractivity contribution in [3.8, 4) is 11.1 Å². The smallest absolute Gasteiger partial charge is 0.241 e. The van der Waals surface area contributed by atoms with E-state index in [1.165, 1.54) is 0 Å². The molecule has 3 aromatic heterocycles. The molecule has 1 saturated carbocycles. The molecule has 0 saturated heterocycles. The molecule has 0 radical (unpaired) electrons. The Bertz CT molecular complexity index is 1090. The van der Waals surface area contributed by atoms with Crippen LogP contribution >= 0.6 is 0 Å². The zero-order valence-corrected chi connectivity index (χ0v) is 14.3. The van der Waals surface area contributed by atoms with Crippen molar-refractivity contribution in [2.45, 2.75) is 25.0 Å². The van der Waals surface area contributed by atoms with Gasteiger partial charge in [-0.15, -0.1) is 5.10 Å². The van der Waals surface area contributed by atoms with E-state index in [2.05, 4.69) is 37.5 Å². The molecule has 1 aromatic carbocycles. The largest absolute Gasteiger partial charge is 0.381 e. The Balaban J connectivity index is 1.45. The summed E-state index contributed by atoms with van der Waals surface area (Å²) in [6.45, 7) is 0. The summed E-state index contributed by atoms with van der Waals surface area (Å²) >= 11 is 0. The van der Waals surface area contributed by atoms with E-state index in [1.807, 2.05) is 29.0 Å². The van der Waals surface area contributed by atoms with Gasteiger partial charge in [-0.05, 0) is 36.6 Å². The molecule has 0 atom stereocenters. The molecular weight excluding hydrogens is 328 g/mol. The third-order valence-electron chi connectivity index (χ3n) is 4.96. The molecule has 5 rings (SSSR count). The van der Waals surface area contributed by atoms with Gasteiger partial charge in [-0.3, -0.25) is 9.97 Å². The lowest BCUT2D eigenvalue weighted by atomic mass is 9.89. The number of nitrogens with one attached hydrogen (secondary N) is 1. The second-order valence-corrected chi connectivity index (χ2v) is 6.57. The summed E-state index contributed by atoms with van der Waals surface area (Å²) in [4.78, 5) is 13.2. The Morgan fingerprint density at radius 3 is 2.77 bits per heavy atom. The summed E-state index contributed by atoms with van der Waals surface area (Å²) < 4.78 is 7.17. The molecule has 1 fully saturated rings. The van der Waals surface area contributed by atoms with E-state index in [4.69, 9.17) is 4.74 Å². The van der Waals surface area contributed by atoms with Crippen LogP contribution in [0, 0.1) is 0 Å². The molecular formula is C19H18N6O. The first kappa shape index (κ1) is 15.2. The predicted octanol–water partition coefficient (Wildman–Crippen LogP) is 2.93. The van der Waals surface area contributed by atoms with Crippen molar-refractivity contribution in [2.75, 3.05) is 12.4 Å². The highest BCUT2D eigenvalue weighted by Gasteiger charge is 2.29. The van der Waals surface area contributed by atoms with Gasteiger partial charge < -0.3 is 10.1 Å². The minimum atomic E-state index is 0.352. The standard InChI is InChI=1S/C19H18N6O/c1-26-14-9-13(10-14)23-19-22-11-18-15(4-7-25(18)24-19)12-2-3-16-17(8-12)21-6-5-20-16/h2-8,11,13-14H,9-10H2,1H3,(H,23,24)/t13-,14+. The summed E-state index contributed by atoms with van der Waals surface area (Å²) in [6, 6.07) is 8.52. The lowest BCUT2D eigenvalue weighted by molar-refractivity contribution is 0.0326. The third-order valence-corrected chi connectivity index (χ3v) is 4.96.